The molecule has 0 unspecified atom stereocenters. The van der Waals surface area contributed by atoms with Crippen LogP contribution in [0.4, 0.5) is 0 Å². The van der Waals surface area contributed by atoms with Gasteiger partial charge in [0.25, 0.3) is 5.91 Å². The minimum Gasteiger partial charge on any atom is -0.348 e. The second kappa shape index (κ2) is 6.62. The molecular formula is C21H16N6O. The number of carbonyl (C=O) groups excluding carboxylic acids is 1. The van der Waals surface area contributed by atoms with Crippen molar-refractivity contribution in [1.82, 2.24) is 30.5 Å². The van der Waals surface area contributed by atoms with E-state index in [9.17, 15) is 4.79 Å². The van der Waals surface area contributed by atoms with Gasteiger partial charge in [-0.1, -0.05) is 24.3 Å². The molecule has 0 atom stereocenters. The number of hydrogen-bond donors (Lipinski definition) is 3. The molecule has 0 aliphatic rings. The van der Waals surface area contributed by atoms with Gasteiger partial charge in [-0.05, 0) is 35.9 Å². The second-order valence-corrected chi connectivity index (χ2v) is 6.48. The maximum Gasteiger partial charge on any atom is 0.251 e. The highest BCUT2D eigenvalue weighted by molar-refractivity contribution is 5.98. The Bertz CT molecular complexity index is 1290. The molecular weight excluding hydrogens is 352 g/mol. The van der Waals surface area contributed by atoms with E-state index < -0.39 is 0 Å². The molecule has 0 saturated carbocycles. The lowest BCUT2D eigenvalue weighted by atomic mass is 10.2. The maximum atomic E-state index is 12.5. The lowest BCUT2D eigenvalue weighted by molar-refractivity contribution is 0.0951. The molecule has 3 heterocycles. The molecule has 3 N–H and O–H groups in total. The van der Waals surface area contributed by atoms with Crippen molar-refractivity contribution >= 4 is 27.8 Å². The van der Waals surface area contributed by atoms with Gasteiger partial charge in [0.15, 0.2) is 5.82 Å². The van der Waals surface area contributed by atoms with Crippen molar-refractivity contribution in [2.45, 2.75) is 6.54 Å². The normalized spacial score (nSPS) is 11.1. The minimum atomic E-state index is -0.152. The van der Waals surface area contributed by atoms with Gasteiger partial charge in [-0.3, -0.25) is 14.9 Å². The summed E-state index contributed by atoms with van der Waals surface area (Å²) in [4.78, 5) is 24.5. The minimum absolute atomic E-state index is 0.152. The van der Waals surface area contributed by atoms with Crippen molar-refractivity contribution in [3.05, 3.63) is 78.1 Å². The van der Waals surface area contributed by atoms with Crippen LogP contribution < -0.4 is 5.32 Å². The van der Waals surface area contributed by atoms with Crippen molar-refractivity contribution in [2.24, 2.45) is 0 Å². The molecule has 5 rings (SSSR count). The van der Waals surface area contributed by atoms with E-state index in [4.69, 9.17) is 0 Å². The summed E-state index contributed by atoms with van der Waals surface area (Å²) in [7, 11) is 0. The molecule has 0 bridgehead atoms. The van der Waals surface area contributed by atoms with Crippen LogP contribution in [0.1, 0.15) is 15.9 Å². The predicted octanol–water partition coefficient (Wildman–Crippen LogP) is 3.43. The number of nitrogens with one attached hydrogen (secondary N) is 3. The molecule has 1 amide bonds. The van der Waals surface area contributed by atoms with Gasteiger partial charge in [-0.25, -0.2) is 4.98 Å². The standard InChI is InChI=1S/C21H16N6O/c28-21(23-12-13-4-3-9-22-11-13)14-7-8-17-18(10-14)25-20(24-17)19-15-5-1-2-6-16(15)26-27-19/h1-11H,12H2,(H,23,28)(H,24,25)(H,26,27). The molecule has 3 aromatic heterocycles. The Morgan fingerprint density at radius 2 is 1.96 bits per heavy atom. The number of hydrogen-bond acceptors (Lipinski definition) is 4. The van der Waals surface area contributed by atoms with Crippen LogP contribution in [0.25, 0.3) is 33.5 Å². The summed E-state index contributed by atoms with van der Waals surface area (Å²) in [5.74, 6) is 0.515. The van der Waals surface area contributed by atoms with Gasteiger partial charge < -0.3 is 10.3 Å². The van der Waals surface area contributed by atoms with Gasteiger partial charge in [-0.15, -0.1) is 0 Å². The smallest absolute Gasteiger partial charge is 0.251 e. The quantitative estimate of drug-likeness (QED) is 0.452. The lowest BCUT2D eigenvalue weighted by Gasteiger charge is -2.04. The van der Waals surface area contributed by atoms with Crippen molar-refractivity contribution in [1.29, 1.82) is 0 Å². The van der Waals surface area contributed by atoms with Crippen LogP contribution in [0.2, 0.25) is 0 Å². The number of para-hydroxylation sites is 1. The fraction of sp³-hybridized carbons (Fsp3) is 0.0476. The van der Waals surface area contributed by atoms with E-state index in [0.717, 1.165) is 33.2 Å². The Hall–Kier alpha value is -4.00. The first-order chi connectivity index (χ1) is 13.8. The van der Waals surface area contributed by atoms with Crippen molar-refractivity contribution in [3.63, 3.8) is 0 Å². The zero-order valence-corrected chi connectivity index (χ0v) is 14.8. The number of carbonyl (C=O) groups is 1. The van der Waals surface area contributed by atoms with E-state index in [1.54, 1.807) is 24.5 Å². The van der Waals surface area contributed by atoms with Gasteiger partial charge in [-0.2, -0.15) is 5.10 Å². The summed E-state index contributed by atoms with van der Waals surface area (Å²) in [6, 6.07) is 17.1. The number of imidazole rings is 1. The largest absolute Gasteiger partial charge is 0.348 e. The molecule has 5 aromatic rings. The van der Waals surface area contributed by atoms with E-state index >= 15 is 0 Å². The van der Waals surface area contributed by atoms with Crippen LogP contribution in [0, 0.1) is 0 Å². The first-order valence-electron chi connectivity index (χ1n) is 8.88. The molecule has 0 fully saturated rings. The van der Waals surface area contributed by atoms with Gasteiger partial charge in [0.2, 0.25) is 0 Å². The van der Waals surface area contributed by atoms with Crippen LogP contribution in [0.5, 0.6) is 0 Å². The molecule has 2 aromatic carbocycles. The average molecular weight is 368 g/mol. The van der Waals surface area contributed by atoms with Crippen LogP contribution in [-0.2, 0) is 6.54 Å². The van der Waals surface area contributed by atoms with Crippen LogP contribution in [0.3, 0.4) is 0 Å². The van der Waals surface area contributed by atoms with E-state index in [-0.39, 0.29) is 5.91 Å². The van der Waals surface area contributed by atoms with Gasteiger partial charge in [0.05, 0.1) is 16.6 Å². The van der Waals surface area contributed by atoms with Gasteiger partial charge in [0, 0.05) is 29.9 Å². The summed E-state index contributed by atoms with van der Waals surface area (Å²) in [6.07, 6.45) is 3.44. The number of benzene rings is 2. The highest BCUT2D eigenvalue weighted by atomic mass is 16.1. The average Bonchev–Trinajstić information content (AvgIpc) is 3.36. The number of nitrogens with zero attached hydrogens (tertiary/aromatic N) is 3. The predicted molar refractivity (Wildman–Crippen MR) is 107 cm³/mol. The fourth-order valence-corrected chi connectivity index (χ4v) is 3.19. The zero-order valence-electron chi connectivity index (χ0n) is 14.8. The van der Waals surface area contributed by atoms with Crippen LogP contribution in [-0.4, -0.2) is 31.1 Å². The Kier molecular flexibility index (Phi) is 3.83. The van der Waals surface area contributed by atoms with E-state index in [1.165, 1.54) is 0 Å². The number of rotatable bonds is 4. The summed E-state index contributed by atoms with van der Waals surface area (Å²) in [6.45, 7) is 0.426. The molecule has 0 radical (unpaired) electrons. The fourth-order valence-electron chi connectivity index (χ4n) is 3.19. The van der Waals surface area contributed by atoms with Crippen molar-refractivity contribution in [2.75, 3.05) is 0 Å². The number of fused-ring (bicyclic) bond motifs is 2. The molecule has 0 aliphatic heterocycles. The van der Waals surface area contributed by atoms with E-state index in [0.29, 0.717) is 17.9 Å². The van der Waals surface area contributed by atoms with Crippen LogP contribution in [0.15, 0.2) is 67.0 Å². The zero-order chi connectivity index (χ0) is 18.9. The maximum absolute atomic E-state index is 12.5. The number of amides is 1. The first kappa shape index (κ1) is 16.2. The third-order valence-electron chi connectivity index (χ3n) is 4.62. The first-order valence-corrected chi connectivity index (χ1v) is 8.88. The Morgan fingerprint density at radius 3 is 2.86 bits per heavy atom. The Balaban J connectivity index is 1.43. The van der Waals surface area contributed by atoms with Gasteiger partial charge in [0.1, 0.15) is 5.69 Å². The van der Waals surface area contributed by atoms with Crippen molar-refractivity contribution in [3.8, 4) is 11.5 Å². The third-order valence-corrected chi connectivity index (χ3v) is 4.62. The highest BCUT2D eigenvalue weighted by Gasteiger charge is 2.14. The van der Waals surface area contributed by atoms with Crippen LogP contribution >= 0.6 is 0 Å². The molecule has 7 heteroatoms. The summed E-state index contributed by atoms with van der Waals surface area (Å²) in [5.41, 5.74) is 4.79. The Labute approximate surface area is 159 Å². The van der Waals surface area contributed by atoms with Gasteiger partial charge >= 0.3 is 0 Å². The SMILES string of the molecule is O=C(NCc1cccnc1)c1ccc2[nH]c(-c3n[nH]c4ccccc34)nc2c1. The number of aromatic amines is 2. The van der Waals surface area contributed by atoms with E-state index in [2.05, 4.69) is 30.5 Å². The second-order valence-electron chi connectivity index (χ2n) is 6.48. The summed E-state index contributed by atoms with van der Waals surface area (Å²) in [5, 5.41) is 11.3. The third kappa shape index (κ3) is 2.88. The lowest BCUT2D eigenvalue weighted by Crippen LogP contribution is -2.22. The number of pyridine rings is 1. The summed E-state index contributed by atoms with van der Waals surface area (Å²) >= 11 is 0. The summed E-state index contributed by atoms with van der Waals surface area (Å²) < 4.78 is 0. The molecule has 136 valence electrons. The monoisotopic (exact) mass is 368 g/mol. The topological polar surface area (TPSA) is 99.4 Å². The number of H-pyrrole nitrogens is 2. The molecule has 0 aliphatic carbocycles. The Morgan fingerprint density at radius 1 is 1.04 bits per heavy atom. The number of aromatic nitrogens is 5. The molecule has 28 heavy (non-hydrogen) atoms. The van der Waals surface area contributed by atoms with Crippen molar-refractivity contribution < 1.29 is 4.79 Å². The van der Waals surface area contributed by atoms with E-state index in [1.807, 2.05) is 42.5 Å². The molecule has 0 spiro atoms. The highest BCUT2D eigenvalue weighted by Crippen LogP contribution is 2.26. The molecule has 0 saturated heterocycles. The molecule has 7 nitrogen and oxygen atoms in total.